The number of nitrogen functional groups attached to an aromatic ring is 1. The molecule has 1 unspecified atom stereocenters. The predicted molar refractivity (Wildman–Crippen MR) is 85.6 cm³/mol. The van der Waals surface area contributed by atoms with Crippen LogP contribution in [0.25, 0.3) is 5.95 Å². The molecule has 0 radical (unpaired) electrons. The summed E-state index contributed by atoms with van der Waals surface area (Å²) in [6.07, 6.45) is 8.19. The van der Waals surface area contributed by atoms with Gasteiger partial charge in [-0.3, -0.25) is 9.99 Å². The molecule has 3 N–H and O–H groups in total. The van der Waals surface area contributed by atoms with Crippen LogP contribution in [0.15, 0.2) is 18.7 Å². The van der Waals surface area contributed by atoms with Crippen molar-refractivity contribution in [3.8, 4) is 5.95 Å². The molecule has 0 aliphatic carbocycles. The lowest BCUT2D eigenvalue weighted by molar-refractivity contribution is 0.653. The highest BCUT2D eigenvalue weighted by atomic mass is 32.2. The van der Waals surface area contributed by atoms with Gasteiger partial charge in [0.15, 0.2) is 0 Å². The van der Waals surface area contributed by atoms with Crippen molar-refractivity contribution < 1.29 is 0 Å². The minimum absolute atomic E-state index is 0.328. The fourth-order valence-electron chi connectivity index (χ4n) is 1.93. The van der Waals surface area contributed by atoms with Gasteiger partial charge in [-0.25, -0.2) is 10.8 Å². The molecule has 2 aromatic heterocycles. The number of hydrogen-bond donors (Lipinski definition) is 2. The van der Waals surface area contributed by atoms with E-state index in [4.69, 9.17) is 5.84 Å². The zero-order valence-corrected chi connectivity index (χ0v) is 13.2. The molecule has 0 aromatic carbocycles. The summed E-state index contributed by atoms with van der Waals surface area (Å²) in [6, 6.07) is 0.351. The van der Waals surface area contributed by atoms with Crippen LogP contribution in [-0.4, -0.2) is 49.6 Å². The molecule has 0 fully saturated rings. The zero-order valence-electron chi connectivity index (χ0n) is 12.4. The highest BCUT2D eigenvalue weighted by Gasteiger charge is 2.17. The Kier molecular flexibility index (Phi) is 5.34. The Morgan fingerprint density at radius 2 is 2.24 bits per heavy atom. The van der Waals surface area contributed by atoms with Crippen LogP contribution in [0.5, 0.6) is 0 Å². The van der Waals surface area contributed by atoms with Gasteiger partial charge >= 0.3 is 0 Å². The number of aromatic nitrogens is 5. The van der Waals surface area contributed by atoms with E-state index in [0.717, 1.165) is 12.2 Å². The topological polar surface area (TPSA) is 97.8 Å². The van der Waals surface area contributed by atoms with Gasteiger partial charge in [-0.15, -0.1) is 0 Å². The van der Waals surface area contributed by atoms with Gasteiger partial charge in [-0.1, -0.05) is 6.92 Å². The Labute approximate surface area is 128 Å². The Bertz CT molecular complexity index is 558. The van der Waals surface area contributed by atoms with Crippen LogP contribution in [0.4, 0.5) is 11.9 Å². The van der Waals surface area contributed by atoms with Crippen LogP contribution in [0, 0.1) is 0 Å². The smallest absolute Gasteiger partial charge is 0.243 e. The Morgan fingerprint density at radius 1 is 1.43 bits per heavy atom. The molecule has 0 spiro atoms. The lowest BCUT2D eigenvalue weighted by Gasteiger charge is -2.27. The molecular formula is C12H20N8S. The largest absolute Gasteiger partial charge is 0.340 e. The van der Waals surface area contributed by atoms with Crippen molar-refractivity contribution in [2.75, 3.05) is 29.4 Å². The van der Waals surface area contributed by atoms with E-state index in [9.17, 15) is 0 Å². The van der Waals surface area contributed by atoms with Crippen LogP contribution in [0.2, 0.25) is 0 Å². The quantitative estimate of drug-likeness (QED) is 0.575. The van der Waals surface area contributed by atoms with Gasteiger partial charge in [-0.2, -0.15) is 26.7 Å². The Morgan fingerprint density at radius 3 is 2.81 bits per heavy atom. The number of rotatable bonds is 7. The second-order valence-electron chi connectivity index (χ2n) is 4.50. The molecule has 0 bridgehead atoms. The van der Waals surface area contributed by atoms with E-state index in [-0.39, 0.29) is 0 Å². The van der Waals surface area contributed by atoms with Crippen LogP contribution >= 0.6 is 11.8 Å². The number of hydrazine groups is 1. The molecule has 0 aliphatic rings. The van der Waals surface area contributed by atoms with Gasteiger partial charge in [0.05, 0.1) is 0 Å². The summed E-state index contributed by atoms with van der Waals surface area (Å²) in [5.41, 5.74) is 2.49. The normalized spacial score (nSPS) is 12.2. The van der Waals surface area contributed by atoms with Gasteiger partial charge in [0.1, 0.15) is 6.33 Å². The molecule has 0 saturated carbocycles. The van der Waals surface area contributed by atoms with Gasteiger partial charge in [0.2, 0.25) is 17.8 Å². The molecule has 21 heavy (non-hydrogen) atoms. The van der Waals surface area contributed by atoms with Crippen LogP contribution in [-0.2, 0) is 0 Å². The van der Waals surface area contributed by atoms with E-state index in [2.05, 4.69) is 43.4 Å². The number of anilines is 2. The number of nitrogens with zero attached hydrogens (tertiary/aromatic N) is 6. The molecular weight excluding hydrogens is 288 g/mol. The van der Waals surface area contributed by atoms with Crippen molar-refractivity contribution in [2.24, 2.45) is 5.84 Å². The van der Waals surface area contributed by atoms with Gasteiger partial charge in [-0.05, 0) is 12.7 Å². The first-order valence-electron chi connectivity index (χ1n) is 6.62. The fraction of sp³-hybridized carbons (Fsp3) is 0.500. The molecule has 9 heteroatoms. The Hall–Kier alpha value is -1.87. The van der Waals surface area contributed by atoms with Gasteiger partial charge in [0, 0.05) is 31.2 Å². The first-order valence-corrected chi connectivity index (χ1v) is 8.01. The highest BCUT2D eigenvalue weighted by Crippen LogP contribution is 2.17. The summed E-state index contributed by atoms with van der Waals surface area (Å²) in [5.74, 6) is 7.86. The Balaban J connectivity index is 2.36. The first kappa shape index (κ1) is 15.5. The maximum atomic E-state index is 5.46. The highest BCUT2D eigenvalue weighted by molar-refractivity contribution is 7.98. The number of nitrogens with one attached hydrogen (secondary N) is 1. The third kappa shape index (κ3) is 3.61. The minimum Gasteiger partial charge on any atom is -0.340 e. The number of nitrogens with two attached hydrogens (primary N) is 1. The van der Waals surface area contributed by atoms with Gasteiger partial charge < -0.3 is 4.90 Å². The van der Waals surface area contributed by atoms with Crippen molar-refractivity contribution in [3.05, 3.63) is 18.7 Å². The number of hydrogen-bond acceptors (Lipinski definition) is 8. The molecule has 2 heterocycles. The molecule has 0 amide bonds. The van der Waals surface area contributed by atoms with Crippen LogP contribution in [0.3, 0.4) is 0 Å². The maximum absolute atomic E-state index is 5.46. The molecule has 2 rings (SSSR count). The summed E-state index contributed by atoms with van der Waals surface area (Å²) in [5, 5.41) is 0. The predicted octanol–water partition coefficient (Wildman–Crippen LogP) is 0.921. The number of imidazole rings is 1. The van der Waals surface area contributed by atoms with Crippen molar-refractivity contribution in [1.29, 1.82) is 0 Å². The molecule has 0 saturated heterocycles. The van der Waals surface area contributed by atoms with E-state index in [1.165, 1.54) is 0 Å². The minimum atomic E-state index is 0.328. The first-order chi connectivity index (χ1) is 10.2. The summed E-state index contributed by atoms with van der Waals surface area (Å²) in [6.45, 7) is 2.15. The molecule has 0 aliphatic heterocycles. The maximum Gasteiger partial charge on any atom is 0.243 e. The fourth-order valence-corrected chi connectivity index (χ4v) is 2.77. The molecule has 114 valence electrons. The van der Waals surface area contributed by atoms with E-state index >= 15 is 0 Å². The number of thioether (sulfide) groups is 1. The van der Waals surface area contributed by atoms with Crippen LogP contribution < -0.4 is 16.2 Å². The summed E-state index contributed by atoms with van der Waals surface area (Å²) >= 11 is 1.80. The second kappa shape index (κ2) is 7.23. The van der Waals surface area contributed by atoms with Crippen LogP contribution in [0.1, 0.15) is 13.3 Å². The summed E-state index contributed by atoms with van der Waals surface area (Å²) < 4.78 is 1.72. The average Bonchev–Trinajstić information content (AvgIpc) is 3.05. The van der Waals surface area contributed by atoms with Crippen molar-refractivity contribution in [1.82, 2.24) is 24.5 Å². The lowest BCUT2D eigenvalue weighted by Crippen LogP contribution is -2.35. The van der Waals surface area contributed by atoms with Crippen molar-refractivity contribution in [3.63, 3.8) is 0 Å². The summed E-state index contributed by atoms with van der Waals surface area (Å²) in [7, 11) is 1.98. The molecule has 1 atom stereocenters. The molecule has 8 nitrogen and oxygen atoms in total. The summed E-state index contributed by atoms with van der Waals surface area (Å²) in [4.78, 5) is 19.1. The standard InChI is InChI=1S/C12H20N8S/c1-4-9(7-21-3)19(2)11-15-10(18-13)16-12(17-11)20-6-5-14-8-20/h5-6,8-9H,4,7,13H2,1-3H3,(H,15,16,17,18). The third-order valence-corrected chi connectivity index (χ3v) is 3.89. The third-order valence-electron chi connectivity index (χ3n) is 3.17. The average molecular weight is 308 g/mol. The zero-order chi connectivity index (χ0) is 15.2. The molecule has 2 aromatic rings. The van der Waals surface area contributed by atoms with Gasteiger partial charge in [0.25, 0.3) is 0 Å². The lowest BCUT2D eigenvalue weighted by atomic mass is 10.2. The monoisotopic (exact) mass is 308 g/mol. The van der Waals surface area contributed by atoms with Crippen molar-refractivity contribution in [2.45, 2.75) is 19.4 Å². The van der Waals surface area contributed by atoms with E-state index < -0.39 is 0 Å². The SMILES string of the molecule is CCC(CSC)N(C)c1nc(NN)nc(-n2ccnc2)n1. The van der Waals surface area contributed by atoms with E-state index in [1.54, 1.807) is 35.0 Å². The second-order valence-corrected chi connectivity index (χ2v) is 5.41. The van der Waals surface area contributed by atoms with E-state index in [0.29, 0.717) is 23.9 Å². The van der Waals surface area contributed by atoms with E-state index in [1.807, 2.05) is 7.05 Å². The van der Waals surface area contributed by atoms with Crippen molar-refractivity contribution >= 4 is 23.7 Å².